The first-order valence-corrected chi connectivity index (χ1v) is 6.58. The zero-order chi connectivity index (χ0) is 12.1. The second-order valence-electron chi connectivity index (χ2n) is 6.57. The van der Waals surface area contributed by atoms with Crippen LogP contribution in [0.1, 0.15) is 37.8 Å². The third kappa shape index (κ3) is 2.56. The van der Waals surface area contributed by atoms with E-state index < -0.39 is 0 Å². The van der Waals surface area contributed by atoms with Gasteiger partial charge in [-0.2, -0.15) is 0 Å². The molecule has 0 aromatic heterocycles. The van der Waals surface area contributed by atoms with Gasteiger partial charge in [0.25, 0.3) is 0 Å². The van der Waals surface area contributed by atoms with Crippen LogP contribution in [0.2, 0.25) is 0 Å². The summed E-state index contributed by atoms with van der Waals surface area (Å²) in [4.78, 5) is 2.54. The summed E-state index contributed by atoms with van der Waals surface area (Å²) in [7, 11) is 0. The molecule has 1 aliphatic heterocycles. The molecule has 18 heavy (non-hydrogen) atoms. The summed E-state index contributed by atoms with van der Waals surface area (Å²) in [5.41, 5.74) is 9.65. The van der Waals surface area contributed by atoms with Crippen LogP contribution in [-0.4, -0.2) is 23.5 Å². The van der Waals surface area contributed by atoms with Gasteiger partial charge < -0.3 is 5.73 Å². The van der Waals surface area contributed by atoms with Crippen molar-refractivity contribution in [2.75, 3.05) is 13.1 Å². The first kappa shape index (κ1) is 13.9. The number of nitrogens with two attached hydrogens (primary N) is 1. The largest absolute Gasteiger partial charge is 0.324 e. The minimum Gasteiger partial charge on any atom is -0.324 e. The predicted octanol–water partition coefficient (Wildman–Crippen LogP) is 2.69. The number of rotatable bonds is 2. The molecule has 2 aliphatic rings. The molecular weight excluding hydrogens is 244 g/mol. The van der Waals surface area contributed by atoms with Crippen LogP contribution in [0.3, 0.4) is 0 Å². The van der Waals surface area contributed by atoms with Crippen molar-refractivity contribution in [3.05, 3.63) is 35.4 Å². The maximum absolute atomic E-state index is 6.15. The van der Waals surface area contributed by atoms with E-state index in [0.29, 0.717) is 5.41 Å². The summed E-state index contributed by atoms with van der Waals surface area (Å²) in [5.74, 6) is 0. The quantitative estimate of drug-likeness (QED) is 0.892. The lowest BCUT2D eigenvalue weighted by Gasteiger charge is -2.38. The second-order valence-corrected chi connectivity index (χ2v) is 6.57. The molecule has 0 radical (unpaired) electrons. The molecule has 2 nitrogen and oxygen atoms in total. The van der Waals surface area contributed by atoms with Crippen LogP contribution < -0.4 is 5.73 Å². The third-order valence-corrected chi connectivity index (χ3v) is 3.99. The molecular formula is C15H23ClN2. The highest BCUT2D eigenvalue weighted by Crippen LogP contribution is 2.52. The molecule has 1 spiro atoms. The van der Waals surface area contributed by atoms with Gasteiger partial charge in [-0.05, 0) is 37.8 Å². The zero-order valence-corrected chi connectivity index (χ0v) is 12.1. The molecule has 0 bridgehead atoms. The number of benzene rings is 1. The zero-order valence-electron chi connectivity index (χ0n) is 11.3. The third-order valence-electron chi connectivity index (χ3n) is 3.99. The molecule has 3 heteroatoms. The van der Waals surface area contributed by atoms with Crippen LogP contribution in [0.25, 0.3) is 0 Å². The van der Waals surface area contributed by atoms with Crippen LogP contribution >= 0.6 is 12.4 Å². The topological polar surface area (TPSA) is 29.3 Å². The maximum atomic E-state index is 6.15. The lowest BCUT2D eigenvalue weighted by molar-refractivity contribution is 0.185. The van der Waals surface area contributed by atoms with Crippen molar-refractivity contribution in [2.45, 2.75) is 44.2 Å². The molecule has 1 aromatic rings. The molecule has 0 unspecified atom stereocenters. The molecule has 0 atom stereocenters. The number of hydrogen-bond donors (Lipinski definition) is 1. The van der Waals surface area contributed by atoms with Crippen molar-refractivity contribution in [3.63, 3.8) is 0 Å². The van der Waals surface area contributed by atoms with E-state index in [-0.39, 0.29) is 17.9 Å². The number of halogens is 1. The van der Waals surface area contributed by atoms with Gasteiger partial charge in [-0.25, -0.2) is 0 Å². The maximum Gasteiger partial charge on any atom is 0.0237 e. The summed E-state index contributed by atoms with van der Waals surface area (Å²) in [5, 5.41) is 0. The molecule has 1 heterocycles. The Morgan fingerprint density at radius 3 is 2.56 bits per heavy atom. The van der Waals surface area contributed by atoms with E-state index in [1.807, 2.05) is 0 Å². The highest BCUT2D eigenvalue weighted by molar-refractivity contribution is 5.85. The first-order chi connectivity index (χ1) is 7.99. The fourth-order valence-electron chi connectivity index (χ4n) is 3.25. The monoisotopic (exact) mass is 266 g/mol. The highest BCUT2D eigenvalue weighted by atomic mass is 35.5. The van der Waals surface area contributed by atoms with Gasteiger partial charge in [0.2, 0.25) is 0 Å². The molecule has 1 aromatic carbocycles. The van der Waals surface area contributed by atoms with E-state index in [1.165, 1.54) is 24.9 Å². The van der Waals surface area contributed by atoms with Gasteiger partial charge in [0, 0.05) is 30.6 Å². The average molecular weight is 267 g/mol. The highest BCUT2D eigenvalue weighted by Gasteiger charge is 2.49. The molecule has 1 fully saturated rings. The molecule has 1 aliphatic carbocycles. The van der Waals surface area contributed by atoms with Gasteiger partial charge in [-0.3, -0.25) is 4.90 Å². The van der Waals surface area contributed by atoms with Crippen molar-refractivity contribution in [1.82, 2.24) is 4.90 Å². The Hall–Kier alpha value is -0.570. The number of hydrogen-bond acceptors (Lipinski definition) is 2. The van der Waals surface area contributed by atoms with E-state index >= 15 is 0 Å². The Balaban J connectivity index is 0.00000120. The smallest absolute Gasteiger partial charge is 0.0237 e. The van der Waals surface area contributed by atoms with Crippen molar-refractivity contribution in [3.8, 4) is 0 Å². The summed E-state index contributed by atoms with van der Waals surface area (Å²) >= 11 is 0. The number of fused-ring (bicyclic) bond motifs is 2. The fourth-order valence-corrected chi connectivity index (χ4v) is 3.25. The van der Waals surface area contributed by atoms with Gasteiger partial charge in [0.15, 0.2) is 0 Å². The van der Waals surface area contributed by atoms with E-state index in [4.69, 9.17) is 5.73 Å². The van der Waals surface area contributed by atoms with Crippen LogP contribution in [0.4, 0.5) is 0 Å². The molecule has 0 saturated heterocycles. The first-order valence-electron chi connectivity index (χ1n) is 6.58. The predicted molar refractivity (Wildman–Crippen MR) is 78.1 cm³/mol. The molecule has 100 valence electrons. The van der Waals surface area contributed by atoms with E-state index in [2.05, 4.69) is 43.0 Å². The van der Waals surface area contributed by atoms with Crippen LogP contribution in [-0.2, 0) is 12.0 Å². The standard InChI is InChI=1S/C15H22N2.ClH/c1-14(2,16)10-17-9-12-5-3-4-6-13(12)15(11-17)7-8-15;/h3-6H,7-11,16H2,1-2H3;1H. The van der Waals surface area contributed by atoms with Crippen LogP contribution in [0.5, 0.6) is 0 Å². The second kappa shape index (κ2) is 4.52. The molecule has 3 rings (SSSR count). The lowest BCUT2D eigenvalue weighted by Crippen LogP contribution is -2.49. The van der Waals surface area contributed by atoms with Gasteiger partial charge in [-0.1, -0.05) is 24.3 Å². The minimum absolute atomic E-state index is 0. The average Bonchev–Trinajstić information content (AvgIpc) is 2.96. The van der Waals surface area contributed by atoms with Gasteiger partial charge >= 0.3 is 0 Å². The molecule has 0 amide bonds. The van der Waals surface area contributed by atoms with Crippen LogP contribution in [0, 0.1) is 0 Å². The SMILES string of the molecule is CC(C)(N)CN1Cc2ccccc2C2(CC2)C1.Cl. The summed E-state index contributed by atoms with van der Waals surface area (Å²) in [6.07, 6.45) is 2.71. The van der Waals surface area contributed by atoms with Crippen molar-refractivity contribution in [2.24, 2.45) is 5.73 Å². The van der Waals surface area contributed by atoms with Crippen LogP contribution in [0.15, 0.2) is 24.3 Å². The Kier molecular flexibility index (Phi) is 3.48. The van der Waals surface area contributed by atoms with E-state index in [0.717, 1.165) is 13.1 Å². The summed E-state index contributed by atoms with van der Waals surface area (Å²) < 4.78 is 0. The summed E-state index contributed by atoms with van der Waals surface area (Å²) in [6.45, 7) is 7.49. The van der Waals surface area contributed by atoms with Gasteiger partial charge in [0.05, 0.1) is 0 Å². The van der Waals surface area contributed by atoms with Crippen molar-refractivity contribution in [1.29, 1.82) is 0 Å². The Morgan fingerprint density at radius 2 is 1.94 bits per heavy atom. The Bertz CT molecular complexity index is 432. The van der Waals surface area contributed by atoms with Gasteiger partial charge in [0.1, 0.15) is 0 Å². The van der Waals surface area contributed by atoms with Crippen molar-refractivity contribution < 1.29 is 0 Å². The minimum atomic E-state index is -0.0949. The van der Waals surface area contributed by atoms with Crippen molar-refractivity contribution >= 4 is 12.4 Å². The Labute approximate surface area is 116 Å². The van der Waals surface area contributed by atoms with E-state index in [9.17, 15) is 0 Å². The lowest BCUT2D eigenvalue weighted by atomic mass is 9.86. The Morgan fingerprint density at radius 1 is 1.28 bits per heavy atom. The van der Waals surface area contributed by atoms with E-state index in [1.54, 1.807) is 5.56 Å². The normalized spacial score (nSPS) is 21.3. The van der Waals surface area contributed by atoms with Gasteiger partial charge in [-0.15, -0.1) is 12.4 Å². The molecule has 2 N–H and O–H groups in total. The fraction of sp³-hybridized carbons (Fsp3) is 0.600. The summed E-state index contributed by atoms with van der Waals surface area (Å²) in [6, 6.07) is 8.95. The number of nitrogens with zero attached hydrogens (tertiary/aromatic N) is 1. The molecule has 1 saturated carbocycles.